The Balaban J connectivity index is 0. The van der Waals surface area contributed by atoms with E-state index < -0.39 is 12.0 Å². The molecule has 0 fully saturated rings. The van der Waals surface area contributed by atoms with Gasteiger partial charge in [0.05, 0.1) is 5.69 Å². The van der Waals surface area contributed by atoms with Crippen LogP contribution in [0.3, 0.4) is 0 Å². The van der Waals surface area contributed by atoms with E-state index in [1.165, 1.54) is 11.6 Å². The Labute approximate surface area is 114 Å². The average Bonchev–Trinajstić information content (AvgIpc) is 2.57. The molecule has 108 valence electrons. The summed E-state index contributed by atoms with van der Waals surface area (Å²) >= 11 is 0. The number of aromatic nitrogens is 2. The Morgan fingerprint density at radius 1 is 1.42 bits per heavy atom. The predicted octanol–water partition coefficient (Wildman–Crippen LogP) is 2.41. The number of carbonyl (C=O) groups excluding carboxylic acids is 2. The van der Waals surface area contributed by atoms with Crippen LogP contribution >= 0.6 is 0 Å². The van der Waals surface area contributed by atoms with Crippen LogP contribution in [0.2, 0.25) is 0 Å². The topological polar surface area (TPSA) is 73.2 Å². The molecular formula is C13H23N3O3. The van der Waals surface area contributed by atoms with Gasteiger partial charge in [0.1, 0.15) is 0 Å². The lowest BCUT2D eigenvalue weighted by Crippen LogP contribution is -2.33. The van der Waals surface area contributed by atoms with Crippen molar-refractivity contribution in [1.29, 1.82) is 0 Å². The zero-order valence-electron chi connectivity index (χ0n) is 10.1. The summed E-state index contributed by atoms with van der Waals surface area (Å²) in [6, 6.07) is 1.34. The lowest BCUT2D eigenvalue weighted by atomic mass is 10.4. The molecule has 0 aliphatic rings. The molecule has 0 saturated carbocycles. The van der Waals surface area contributed by atoms with Gasteiger partial charge in [0, 0.05) is 11.3 Å². The van der Waals surface area contributed by atoms with Gasteiger partial charge in [-0.3, -0.25) is 0 Å². The highest BCUT2D eigenvalue weighted by atomic mass is 16.5. The highest BCUT2D eigenvalue weighted by Crippen LogP contribution is 2.00. The van der Waals surface area contributed by atoms with Gasteiger partial charge in [-0.15, -0.1) is 0 Å². The zero-order chi connectivity index (χ0) is 13.0. The molecule has 1 aromatic heterocycles. The Morgan fingerprint density at radius 2 is 2.00 bits per heavy atom. The van der Waals surface area contributed by atoms with Gasteiger partial charge in [0.2, 0.25) is 0 Å². The molecule has 0 saturated heterocycles. The second-order valence-electron chi connectivity index (χ2n) is 3.68. The van der Waals surface area contributed by atoms with E-state index in [-0.39, 0.29) is 27.2 Å². The van der Waals surface area contributed by atoms with E-state index in [1.807, 2.05) is 0 Å². The van der Waals surface area contributed by atoms with Crippen LogP contribution in [-0.4, -0.2) is 28.5 Å². The van der Waals surface area contributed by atoms with Crippen molar-refractivity contribution in [1.82, 2.24) is 15.1 Å². The number of esters is 1. The summed E-state index contributed by atoms with van der Waals surface area (Å²) in [4.78, 5) is 22.6. The molecule has 1 aromatic rings. The fraction of sp³-hybridized carbons (Fsp3) is 0.462. The largest absolute Gasteiger partial charge is 0.441 e. The number of aryl methyl sites for hydroxylation is 2. The molecule has 0 bridgehead atoms. The van der Waals surface area contributed by atoms with E-state index in [0.29, 0.717) is 5.69 Å². The molecule has 6 nitrogen and oxygen atoms in total. The zero-order valence-corrected chi connectivity index (χ0v) is 10.1. The van der Waals surface area contributed by atoms with Crippen LogP contribution in [0, 0.1) is 13.8 Å². The van der Waals surface area contributed by atoms with Crippen molar-refractivity contribution in [3.05, 3.63) is 29.6 Å². The first kappa shape index (κ1) is 19.2. The summed E-state index contributed by atoms with van der Waals surface area (Å²) in [6.45, 7) is 8.30. The number of nitrogens with zero attached hydrogens (tertiary/aromatic N) is 2. The first-order chi connectivity index (χ1) is 7.91. The molecule has 0 radical (unpaired) electrons. The van der Waals surface area contributed by atoms with E-state index in [1.54, 1.807) is 19.9 Å². The molecular weight excluding hydrogens is 246 g/mol. The standard InChI is InChI=1S/C11H15N3O3.2CH4/c1-7(2)10(15)17-6-12-11(16)14-9(4)5-8(3)13-14;;/h5H,1,6H2,2-4H3,(H,12,16);2*1H4. The molecule has 0 spiro atoms. The van der Waals surface area contributed by atoms with E-state index in [2.05, 4.69) is 17.0 Å². The summed E-state index contributed by atoms with van der Waals surface area (Å²) < 4.78 is 5.94. The van der Waals surface area contributed by atoms with Crippen LogP contribution in [-0.2, 0) is 9.53 Å². The molecule has 6 heteroatoms. The van der Waals surface area contributed by atoms with Crippen molar-refractivity contribution in [3.63, 3.8) is 0 Å². The Hall–Kier alpha value is -2.11. The van der Waals surface area contributed by atoms with Crippen molar-refractivity contribution in [3.8, 4) is 0 Å². The second-order valence-corrected chi connectivity index (χ2v) is 3.68. The summed E-state index contributed by atoms with van der Waals surface area (Å²) in [5.41, 5.74) is 1.74. The Bertz CT molecular complexity index is 464. The molecule has 1 heterocycles. The van der Waals surface area contributed by atoms with E-state index in [4.69, 9.17) is 4.74 Å². The fourth-order valence-corrected chi connectivity index (χ4v) is 1.20. The third-order valence-corrected chi connectivity index (χ3v) is 1.98. The van der Waals surface area contributed by atoms with Crippen LogP contribution < -0.4 is 5.32 Å². The molecule has 0 aliphatic carbocycles. The molecule has 1 amide bonds. The van der Waals surface area contributed by atoms with Crippen LogP contribution in [0.15, 0.2) is 18.2 Å². The molecule has 0 atom stereocenters. The van der Waals surface area contributed by atoms with Gasteiger partial charge in [0.15, 0.2) is 6.73 Å². The lowest BCUT2D eigenvalue weighted by Gasteiger charge is -2.07. The highest BCUT2D eigenvalue weighted by molar-refractivity contribution is 5.87. The van der Waals surface area contributed by atoms with Crippen LogP contribution in [0.1, 0.15) is 33.2 Å². The SMILES string of the molecule is C.C.C=C(C)C(=O)OCNC(=O)n1nc(C)cc1C. The number of nitrogens with one attached hydrogen (secondary N) is 1. The number of rotatable bonds is 3. The van der Waals surface area contributed by atoms with Crippen LogP contribution in [0.5, 0.6) is 0 Å². The normalized spacial score (nSPS) is 8.79. The average molecular weight is 269 g/mol. The first-order valence-electron chi connectivity index (χ1n) is 5.06. The maximum absolute atomic E-state index is 11.6. The smallest absolute Gasteiger partial charge is 0.344 e. The van der Waals surface area contributed by atoms with Crippen molar-refractivity contribution >= 4 is 12.0 Å². The van der Waals surface area contributed by atoms with Gasteiger partial charge < -0.3 is 10.1 Å². The minimum atomic E-state index is -0.543. The van der Waals surface area contributed by atoms with Gasteiger partial charge >= 0.3 is 12.0 Å². The molecule has 0 aromatic carbocycles. The van der Waals surface area contributed by atoms with Crippen molar-refractivity contribution in [2.24, 2.45) is 0 Å². The first-order valence-corrected chi connectivity index (χ1v) is 5.06. The highest BCUT2D eigenvalue weighted by Gasteiger charge is 2.10. The monoisotopic (exact) mass is 269 g/mol. The van der Waals surface area contributed by atoms with Crippen molar-refractivity contribution < 1.29 is 14.3 Å². The predicted molar refractivity (Wildman–Crippen MR) is 74.9 cm³/mol. The second kappa shape index (κ2) is 8.07. The number of amides is 1. The van der Waals surface area contributed by atoms with E-state index >= 15 is 0 Å². The molecule has 0 aliphatic heterocycles. The lowest BCUT2D eigenvalue weighted by molar-refractivity contribution is -0.139. The quantitative estimate of drug-likeness (QED) is 0.519. The third kappa shape index (κ3) is 5.37. The maximum atomic E-state index is 11.6. The van der Waals surface area contributed by atoms with Gasteiger partial charge in [0.25, 0.3) is 0 Å². The number of ether oxygens (including phenoxy) is 1. The van der Waals surface area contributed by atoms with Crippen molar-refractivity contribution in [2.45, 2.75) is 35.6 Å². The molecule has 1 N–H and O–H groups in total. The summed E-state index contributed by atoms with van der Waals surface area (Å²) in [6.07, 6.45) is 0. The van der Waals surface area contributed by atoms with E-state index in [0.717, 1.165) is 5.69 Å². The summed E-state index contributed by atoms with van der Waals surface area (Å²) in [5.74, 6) is -0.543. The Morgan fingerprint density at radius 3 is 2.42 bits per heavy atom. The van der Waals surface area contributed by atoms with Gasteiger partial charge in [-0.25, -0.2) is 9.59 Å². The summed E-state index contributed by atoms with van der Waals surface area (Å²) in [7, 11) is 0. The number of hydrogen-bond acceptors (Lipinski definition) is 4. The molecule has 19 heavy (non-hydrogen) atoms. The number of hydrogen-bond donors (Lipinski definition) is 1. The Kier molecular flexibility index (Phi) is 8.17. The van der Waals surface area contributed by atoms with Crippen LogP contribution in [0.4, 0.5) is 4.79 Å². The third-order valence-electron chi connectivity index (χ3n) is 1.98. The van der Waals surface area contributed by atoms with Gasteiger partial charge in [-0.1, -0.05) is 21.4 Å². The van der Waals surface area contributed by atoms with Crippen LogP contribution in [0.25, 0.3) is 0 Å². The van der Waals surface area contributed by atoms with Gasteiger partial charge in [-0.2, -0.15) is 9.78 Å². The summed E-state index contributed by atoms with van der Waals surface area (Å²) in [5, 5.41) is 6.41. The maximum Gasteiger partial charge on any atom is 0.344 e. The molecule has 0 unspecified atom stereocenters. The number of carbonyl (C=O) groups is 2. The van der Waals surface area contributed by atoms with Crippen molar-refractivity contribution in [2.75, 3.05) is 6.73 Å². The fourth-order valence-electron chi connectivity index (χ4n) is 1.20. The van der Waals surface area contributed by atoms with E-state index in [9.17, 15) is 9.59 Å². The molecule has 1 rings (SSSR count). The minimum absolute atomic E-state index is 0. The minimum Gasteiger partial charge on any atom is -0.441 e. The van der Waals surface area contributed by atoms with Gasteiger partial charge in [-0.05, 0) is 26.8 Å².